The first-order valence-corrected chi connectivity index (χ1v) is 3.82. The summed E-state index contributed by atoms with van der Waals surface area (Å²) in [5.74, 6) is -0.910. The highest BCUT2D eigenvalue weighted by Crippen LogP contribution is 2.29. The number of carbonyl (C=O) groups excluding carboxylic acids is 1. The first-order chi connectivity index (χ1) is 6.07. The van der Waals surface area contributed by atoms with Crippen molar-refractivity contribution in [3.63, 3.8) is 0 Å². The summed E-state index contributed by atoms with van der Waals surface area (Å²) >= 11 is 0. The number of phenols is 2. The lowest BCUT2D eigenvalue weighted by Gasteiger charge is -2.06. The Hall–Kier alpha value is -1.55. The van der Waals surface area contributed by atoms with Gasteiger partial charge in [-0.2, -0.15) is 0 Å². The molecule has 0 saturated carbocycles. The maximum atomic E-state index is 11.2. The molecule has 0 unspecified atom stereocenters. The molecule has 0 aliphatic rings. The number of rotatable bonds is 2. The fourth-order valence-electron chi connectivity index (χ4n) is 1.06. The Balaban J connectivity index is 3.33. The second-order valence-electron chi connectivity index (χ2n) is 2.75. The van der Waals surface area contributed by atoms with Crippen molar-refractivity contribution in [1.29, 1.82) is 0 Å². The van der Waals surface area contributed by atoms with E-state index in [1.807, 2.05) is 0 Å². The second-order valence-corrected chi connectivity index (χ2v) is 2.75. The summed E-state index contributed by atoms with van der Waals surface area (Å²) in [6, 6.07) is 2.88. The van der Waals surface area contributed by atoms with Gasteiger partial charge < -0.3 is 15.9 Å². The molecule has 0 spiro atoms. The van der Waals surface area contributed by atoms with Crippen LogP contribution in [0.25, 0.3) is 0 Å². The molecule has 0 aliphatic carbocycles. The van der Waals surface area contributed by atoms with Crippen LogP contribution in [-0.2, 0) is 0 Å². The number of hydrogen-bond donors (Lipinski definition) is 3. The van der Waals surface area contributed by atoms with Crippen LogP contribution in [0.1, 0.15) is 15.9 Å². The normalized spacial score (nSPS) is 10.0. The molecule has 1 aromatic carbocycles. The summed E-state index contributed by atoms with van der Waals surface area (Å²) < 4.78 is 0. The van der Waals surface area contributed by atoms with E-state index in [1.54, 1.807) is 6.92 Å². The first-order valence-electron chi connectivity index (χ1n) is 3.82. The molecule has 0 fully saturated rings. The van der Waals surface area contributed by atoms with Crippen LogP contribution in [0.15, 0.2) is 12.1 Å². The van der Waals surface area contributed by atoms with Crippen LogP contribution in [0.3, 0.4) is 0 Å². The summed E-state index contributed by atoms with van der Waals surface area (Å²) in [5, 5.41) is 18.7. The molecule has 0 bridgehead atoms. The van der Waals surface area contributed by atoms with Crippen LogP contribution in [0, 0.1) is 6.92 Å². The standard InChI is InChI=1S/C9H11NO3/c1-5-2-3-6(11)8(9(5)13)7(12)4-10/h2-3,11,13H,4,10H2,1H3. The lowest BCUT2D eigenvalue weighted by molar-refractivity contribution is 0.0996. The van der Waals surface area contributed by atoms with E-state index in [4.69, 9.17) is 5.73 Å². The van der Waals surface area contributed by atoms with Gasteiger partial charge in [0, 0.05) is 0 Å². The van der Waals surface area contributed by atoms with Crippen molar-refractivity contribution in [3.05, 3.63) is 23.3 Å². The molecule has 0 radical (unpaired) electrons. The Kier molecular flexibility index (Phi) is 2.53. The van der Waals surface area contributed by atoms with E-state index in [9.17, 15) is 15.0 Å². The van der Waals surface area contributed by atoms with Crippen molar-refractivity contribution in [2.75, 3.05) is 6.54 Å². The van der Waals surface area contributed by atoms with Crippen LogP contribution in [0.2, 0.25) is 0 Å². The smallest absolute Gasteiger partial charge is 0.183 e. The van der Waals surface area contributed by atoms with Gasteiger partial charge in [0.05, 0.1) is 6.54 Å². The number of benzene rings is 1. The van der Waals surface area contributed by atoms with E-state index in [0.29, 0.717) is 5.56 Å². The number of aromatic hydroxyl groups is 2. The fourth-order valence-corrected chi connectivity index (χ4v) is 1.06. The molecule has 70 valence electrons. The average Bonchev–Trinajstić information content (AvgIpc) is 2.12. The number of ketones is 1. The lowest BCUT2D eigenvalue weighted by Crippen LogP contribution is -2.14. The van der Waals surface area contributed by atoms with E-state index in [1.165, 1.54) is 12.1 Å². The van der Waals surface area contributed by atoms with Crippen molar-refractivity contribution in [3.8, 4) is 11.5 Å². The molecule has 1 rings (SSSR count). The van der Waals surface area contributed by atoms with Gasteiger partial charge in [-0.25, -0.2) is 0 Å². The third-order valence-corrected chi connectivity index (χ3v) is 1.82. The minimum absolute atomic E-state index is 0.0949. The van der Waals surface area contributed by atoms with Gasteiger partial charge in [0.1, 0.15) is 17.1 Å². The highest BCUT2D eigenvalue weighted by molar-refractivity contribution is 6.02. The van der Waals surface area contributed by atoms with Crippen molar-refractivity contribution in [2.24, 2.45) is 5.73 Å². The molecule has 0 amide bonds. The summed E-state index contributed by atoms with van der Waals surface area (Å²) in [4.78, 5) is 11.2. The number of hydrogen-bond acceptors (Lipinski definition) is 4. The SMILES string of the molecule is Cc1ccc(O)c(C(=O)CN)c1O. The number of phenolic OH excluding ortho intramolecular Hbond substituents is 2. The van der Waals surface area contributed by atoms with Gasteiger partial charge in [-0.1, -0.05) is 6.07 Å². The monoisotopic (exact) mass is 181 g/mol. The van der Waals surface area contributed by atoms with Gasteiger partial charge in [0.25, 0.3) is 0 Å². The Morgan fingerprint density at radius 1 is 1.46 bits per heavy atom. The van der Waals surface area contributed by atoms with Gasteiger partial charge in [-0.05, 0) is 18.6 Å². The summed E-state index contributed by atoms with van der Waals surface area (Å²) in [6.07, 6.45) is 0. The molecule has 0 heterocycles. The van der Waals surface area contributed by atoms with Gasteiger partial charge >= 0.3 is 0 Å². The third-order valence-electron chi connectivity index (χ3n) is 1.82. The third kappa shape index (κ3) is 1.62. The average molecular weight is 181 g/mol. The van der Waals surface area contributed by atoms with E-state index in [-0.39, 0.29) is 23.6 Å². The highest BCUT2D eigenvalue weighted by atomic mass is 16.3. The van der Waals surface area contributed by atoms with Gasteiger partial charge in [0.15, 0.2) is 5.78 Å². The zero-order valence-corrected chi connectivity index (χ0v) is 7.24. The Morgan fingerprint density at radius 2 is 2.08 bits per heavy atom. The molecule has 4 heteroatoms. The topological polar surface area (TPSA) is 83.5 Å². The van der Waals surface area contributed by atoms with Crippen LogP contribution >= 0.6 is 0 Å². The quantitative estimate of drug-likeness (QED) is 0.582. The number of aryl methyl sites for hydroxylation is 1. The second kappa shape index (κ2) is 3.45. The van der Waals surface area contributed by atoms with Crippen molar-refractivity contribution in [1.82, 2.24) is 0 Å². The van der Waals surface area contributed by atoms with Gasteiger partial charge in [-0.15, -0.1) is 0 Å². The maximum absolute atomic E-state index is 11.2. The zero-order valence-electron chi connectivity index (χ0n) is 7.24. The molecule has 0 aliphatic heterocycles. The first kappa shape index (κ1) is 9.54. The summed E-state index contributed by atoms with van der Waals surface area (Å²) in [6.45, 7) is 1.41. The molecule has 0 atom stereocenters. The minimum Gasteiger partial charge on any atom is -0.507 e. The molecule has 4 N–H and O–H groups in total. The Bertz CT molecular complexity index is 347. The number of nitrogens with two attached hydrogens (primary N) is 1. The van der Waals surface area contributed by atoms with Gasteiger partial charge in [0.2, 0.25) is 0 Å². The van der Waals surface area contributed by atoms with Crippen LogP contribution in [0.4, 0.5) is 0 Å². The molecule has 1 aromatic rings. The van der Waals surface area contributed by atoms with Crippen LogP contribution < -0.4 is 5.73 Å². The minimum atomic E-state index is -0.473. The summed E-state index contributed by atoms with van der Waals surface area (Å²) in [5.41, 5.74) is 5.56. The zero-order chi connectivity index (χ0) is 10.0. The van der Waals surface area contributed by atoms with Crippen molar-refractivity contribution in [2.45, 2.75) is 6.92 Å². The van der Waals surface area contributed by atoms with Gasteiger partial charge in [-0.3, -0.25) is 4.79 Å². The van der Waals surface area contributed by atoms with E-state index < -0.39 is 5.78 Å². The van der Waals surface area contributed by atoms with Crippen LogP contribution in [0.5, 0.6) is 11.5 Å². The molecule has 13 heavy (non-hydrogen) atoms. The number of carbonyl (C=O) groups is 1. The van der Waals surface area contributed by atoms with Crippen LogP contribution in [-0.4, -0.2) is 22.5 Å². The fraction of sp³-hybridized carbons (Fsp3) is 0.222. The number of Topliss-reactive ketones (excluding diaryl/α,β-unsaturated/α-hetero) is 1. The van der Waals surface area contributed by atoms with E-state index in [0.717, 1.165) is 0 Å². The Morgan fingerprint density at radius 3 is 2.62 bits per heavy atom. The maximum Gasteiger partial charge on any atom is 0.183 e. The van der Waals surface area contributed by atoms with E-state index in [2.05, 4.69) is 0 Å². The molecule has 0 saturated heterocycles. The van der Waals surface area contributed by atoms with Crippen molar-refractivity contribution >= 4 is 5.78 Å². The molecule has 4 nitrogen and oxygen atoms in total. The molecular formula is C9H11NO3. The lowest BCUT2D eigenvalue weighted by atomic mass is 10.0. The van der Waals surface area contributed by atoms with Crippen molar-refractivity contribution < 1.29 is 15.0 Å². The summed E-state index contributed by atoms with van der Waals surface area (Å²) in [7, 11) is 0. The molecule has 0 aromatic heterocycles. The van der Waals surface area contributed by atoms with E-state index >= 15 is 0 Å². The highest BCUT2D eigenvalue weighted by Gasteiger charge is 2.15. The largest absolute Gasteiger partial charge is 0.507 e. The Labute approximate surface area is 75.6 Å². The predicted octanol–water partition coefficient (Wildman–Crippen LogP) is 0.548. The predicted molar refractivity (Wildman–Crippen MR) is 47.9 cm³/mol. The molecular weight excluding hydrogens is 170 g/mol.